The van der Waals surface area contributed by atoms with Gasteiger partial charge in [0.15, 0.2) is 9.84 Å². The number of sulfone groups is 1. The summed E-state index contributed by atoms with van der Waals surface area (Å²) in [5.41, 5.74) is -1.27. The second-order valence-corrected chi connectivity index (χ2v) is 12.8. The van der Waals surface area contributed by atoms with E-state index >= 15 is 0 Å². The molecule has 6 nitrogen and oxygen atoms in total. The van der Waals surface area contributed by atoms with E-state index in [1.807, 2.05) is 0 Å². The first-order chi connectivity index (χ1) is 17.1. The Kier molecular flexibility index (Phi) is 6.31. The van der Waals surface area contributed by atoms with Gasteiger partial charge >= 0.3 is 6.18 Å². The minimum Gasteiger partial charge on any atom is -0.480 e. The van der Waals surface area contributed by atoms with Gasteiger partial charge in [-0.3, -0.25) is 4.79 Å². The average molecular weight is 597 g/mol. The molecule has 198 valence electrons. The number of benzene rings is 2. The Labute approximate surface area is 225 Å². The van der Waals surface area contributed by atoms with Crippen LogP contribution in [0.25, 0.3) is 5.57 Å². The molecular weight excluding hydrogens is 578 g/mol. The predicted molar refractivity (Wildman–Crippen MR) is 132 cm³/mol. The van der Waals surface area contributed by atoms with Crippen molar-refractivity contribution < 1.29 is 35.9 Å². The van der Waals surface area contributed by atoms with Crippen LogP contribution in [0.15, 0.2) is 36.6 Å². The van der Waals surface area contributed by atoms with Gasteiger partial charge in [0.05, 0.1) is 41.0 Å². The van der Waals surface area contributed by atoms with Gasteiger partial charge in [-0.15, -0.1) is 0 Å². The number of halogens is 6. The number of carbonyl (C=O) groups excluding carboxylic acids is 1. The number of fused-ring (bicyclic) bond motifs is 2. The molecule has 2 aromatic rings. The Hall–Kier alpha value is -1.98. The summed E-state index contributed by atoms with van der Waals surface area (Å²) in [6.45, 7) is 0.613. The summed E-state index contributed by atoms with van der Waals surface area (Å²) in [4.78, 5) is 13.6. The number of amides is 1. The van der Waals surface area contributed by atoms with Crippen LogP contribution >= 0.6 is 34.8 Å². The minimum atomic E-state index is -4.79. The van der Waals surface area contributed by atoms with E-state index in [0.717, 1.165) is 35.8 Å². The summed E-state index contributed by atoms with van der Waals surface area (Å²) < 4.78 is 77.2. The van der Waals surface area contributed by atoms with Crippen LogP contribution in [0.5, 0.6) is 0 Å². The summed E-state index contributed by atoms with van der Waals surface area (Å²) in [5, 5.41) is -0.278. The zero-order chi connectivity index (χ0) is 27.0. The van der Waals surface area contributed by atoms with Crippen LogP contribution in [0.1, 0.15) is 28.7 Å². The number of carbonyl (C=O) groups is 1. The van der Waals surface area contributed by atoms with Crippen molar-refractivity contribution in [3.63, 3.8) is 0 Å². The summed E-state index contributed by atoms with van der Waals surface area (Å²) in [6, 6.07) is 7.40. The van der Waals surface area contributed by atoms with Crippen LogP contribution < -0.4 is 0 Å². The fourth-order valence-corrected chi connectivity index (χ4v) is 6.19. The van der Waals surface area contributed by atoms with Crippen molar-refractivity contribution in [3.8, 4) is 0 Å². The van der Waals surface area contributed by atoms with Crippen LogP contribution in [-0.2, 0) is 41.9 Å². The van der Waals surface area contributed by atoms with E-state index in [1.165, 1.54) is 4.90 Å². The summed E-state index contributed by atoms with van der Waals surface area (Å²) in [6.07, 6.45) is -3.21. The lowest BCUT2D eigenvalue weighted by Gasteiger charge is -2.47. The Morgan fingerprint density at radius 3 is 2.35 bits per heavy atom. The molecule has 0 aliphatic carbocycles. The molecule has 1 amide bonds. The molecule has 0 aromatic heterocycles. The van der Waals surface area contributed by atoms with Gasteiger partial charge in [-0.25, -0.2) is 8.42 Å². The third kappa shape index (κ3) is 4.50. The monoisotopic (exact) mass is 595 g/mol. The molecule has 13 heteroatoms. The lowest BCUT2D eigenvalue weighted by Crippen LogP contribution is -2.62. The standard InChI is InChI=1S/C24H19Cl3F3NO5S/c1-37(33,34)10-20(32)31-11-22(12-31)17-3-2-13(4-14(17)8-35-22)15-7-23(36-9-15,24(28,29)30)16-5-18(25)21(27)19(26)6-16/h2-6,9H,7-8,10-12H2,1H3. The third-order valence-electron chi connectivity index (χ3n) is 6.85. The third-order valence-corrected chi connectivity index (χ3v) is 8.82. The van der Waals surface area contributed by atoms with Crippen LogP contribution in [-0.4, -0.2) is 50.5 Å². The zero-order valence-electron chi connectivity index (χ0n) is 19.2. The number of rotatable bonds is 4. The second-order valence-electron chi connectivity index (χ2n) is 9.49. The van der Waals surface area contributed by atoms with E-state index in [-0.39, 0.29) is 40.3 Å². The molecule has 0 N–H and O–H groups in total. The lowest BCUT2D eigenvalue weighted by molar-refractivity contribution is -0.260. The molecule has 1 saturated heterocycles. The van der Waals surface area contributed by atoms with Crippen molar-refractivity contribution in [2.24, 2.45) is 0 Å². The minimum absolute atomic E-state index is 0.0456. The maximum atomic E-state index is 14.4. The van der Waals surface area contributed by atoms with Gasteiger partial charge < -0.3 is 14.4 Å². The maximum absolute atomic E-state index is 14.4. The van der Waals surface area contributed by atoms with Gasteiger partial charge in [0.25, 0.3) is 0 Å². The summed E-state index contributed by atoms with van der Waals surface area (Å²) in [5.74, 6) is -1.07. The highest BCUT2D eigenvalue weighted by atomic mass is 35.5. The van der Waals surface area contributed by atoms with Gasteiger partial charge in [-0.1, -0.05) is 46.9 Å². The van der Waals surface area contributed by atoms with E-state index in [9.17, 15) is 26.4 Å². The molecule has 0 bridgehead atoms. The van der Waals surface area contributed by atoms with Crippen molar-refractivity contribution >= 4 is 56.1 Å². The molecule has 37 heavy (non-hydrogen) atoms. The molecule has 2 aromatic carbocycles. The van der Waals surface area contributed by atoms with Gasteiger partial charge in [-0.2, -0.15) is 13.2 Å². The molecule has 3 heterocycles. The number of likely N-dealkylation sites (tertiary alicyclic amines) is 1. The number of nitrogens with zero attached hydrogens (tertiary/aromatic N) is 1. The molecule has 0 saturated carbocycles. The Morgan fingerprint density at radius 2 is 1.76 bits per heavy atom. The maximum Gasteiger partial charge on any atom is 0.432 e. The van der Waals surface area contributed by atoms with Gasteiger partial charge in [-0.05, 0) is 40.5 Å². The Balaban J connectivity index is 1.38. The van der Waals surface area contributed by atoms with Crippen LogP contribution in [0.3, 0.4) is 0 Å². The smallest absolute Gasteiger partial charge is 0.432 e. The topological polar surface area (TPSA) is 72.9 Å². The lowest BCUT2D eigenvalue weighted by atomic mass is 9.82. The molecule has 3 aliphatic heterocycles. The number of alkyl halides is 3. The van der Waals surface area contributed by atoms with Gasteiger partial charge in [0, 0.05) is 18.2 Å². The molecule has 1 spiro atoms. The second kappa shape index (κ2) is 8.77. The highest BCUT2D eigenvalue weighted by Gasteiger charge is 2.61. The molecular formula is C24H19Cl3F3NO5S. The molecule has 3 aliphatic rings. The van der Waals surface area contributed by atoms with E-state index in [1.54, 1.807) is 18.2 Å². The first kappa shape index (κ1) is 26.6. The van der Waals surface area contributed by atoms with Crippen molar-refractivity contribution in [2.75, 3.05) is 25.1 Å². The molecule has 5 rings (SSSR count). The number of ether oxygens (including phenoxy) is 2. The Bertz CT molecular complexity index is 1430. The SMILES string of the molecule is CS(=O)(=O)CC(=O)N1CC2(C1)OCc1cc(C3=COC(c4cc(Cl)c(Cl)c(Cl)c4)(C(F)(F)F)C3)ccc12. The van der Waals surface area contributed by atoms with E-state index in [4.69, 9.17) is 44.3 Å². The van der Waals surface area contributed by atoms with Crippen LogP contribution in [0.4, 0.5) is 13.2 Å². The van der Waals surface area contributed by atoms with E-state index in [0.29, 0.717) is 11.1 Å². The zero-order valence-corrected chi connectivity index (χ0v) is 22.2. The van der Waals surface area contributed by atoms with Crippen molar-refractivity contribution in [1.29, 1.82) is 0 Å². The van der Waals surface area contributed by atoms with Crippen LogP contribution in [0, 0.1) is 0 Å². The highest BCUT2D eigenvalue weighted by Crippen LogP contribution is 2.54. The van der Waals surface area contributed by atoms with E-state index < -0.39 is 45.3 Å². The number of hydrogen-bond donors (Lipinski definition) is 0. The van der Waals surface area contributed by atoms with Gasteiger partial charge in [0.2, 0.25) is 11.5 Å². The largest absolute Gasteiger partial charge is 0.480 e. The van der Waals surface area contributed by atoms with Crippen molar-refractivity contribution in [3.05, 3.63) is 73.9 Å². The van der Waals surface area contributed by atoms with Gasteiger partial charge in [0.1, 0.15) is 11.4 Å². The normalized spacial score (nSPS) is 22.5. The molecule has 1 atom stereocenters. The summed E-state index contributed by atoms with van der Waals surface area (Å²) in [7, 11) is -3.45. The molecule has 1 fully saturated rings. The van der Waals surface area contributed by atoms with E-state index in [2.05, 4.69) is 0 Å². The fourth-order valence-electron chi connectivity index (χ4n) is 4.96. The molecule has 0 radical (unpaired) electrons. The van der Waals surface area contributed by atoms with Crippen molar-refractivity contribution in [1.82, 2.24) is 4.90 Å². The quantitative estimate of drug-likeness (QED) is 0.438. The first-order valence-electron chi connectivity index (χ1n) is 11.0. The molecule has 1 unspecified atom stereocenters. The Morgan fingerprint density at radius 1 is 1.11 bits per heavy atom. The average Bonchev–Trinajstić information content (AvgIpc) is 3.37. The van der Waals surface area contributed by atoms with Crippen LogP contribution in [0.2, 0.25) is 15.1 Å². The fraction of sp³-hybridized carbons (Fsp3) is 0.375. The first-order valence-corrected chi connectivity index (χ1v) is 14.2. The number of hydrogen-bond acceptors (Lipinski definition) is 5. The predicted octanol–water partition coefficient (Wildman–Crippen LogP) is 5.48. The highest BCUT2D eigenvalue weighted by molar-refractivity contribution is 7.91. The summed E-state index contributed by atoms with van der Waals surface area (Å²) >= 11 is 17.9. The van der Waals surface area contributed by atoms with Crippen molar-refractivity contribution in [2.45, 2.75) is 30.4 Å².